The lowest BCUT2D eigenvalue weighted by Crippen LogP contribution is -2.33. The number of methoxy groups -OCH3 is 2. The van der Waals surface area contributed by atoms with Gasteiger partial charge in [0.15, 0.2) is 0 Å². The van der Waals surface area contributed by atoms with Crippen molar-refractivity contribution in [2.45, 2.75) is 19.0 Å². The molecule has 150 valence electrons. The summed E-state index contributed by atoms with van der Waals surface area (Å²) in [6.07, 6.45) is 7.82. The molecule has 7 nitrogen and oxygen atoms in total. The van der Waals surface area contributed by atoms with Crippen molar-refractivity contribution in [3.05, 3.63) is 83.4 Å². The van der Waals surface area contributed by atoms with Gasteiger partial charge < -0.3 is 15.2 Å². The summed E-state index contributed by atoms with van der Waals surface area (Å²) in [6, 6.07) is 10.4. The smallest absolute Gasteiger partial charge is 0.239 e. The molecule has 0 aliphatic heterocycles. The van der Waals surface area contributed by atoms with E-state index in [1.165, 1.54) is 0 Å². The number of carbonyl (C=O) groups excluding carboxylic acids is 1. The van der Waals surface area contributed by atoms with Gasteiger partial charge in [-0.1, -0.05) is 0 Å². The number of carbonyl (C=O) groups is 1. The minimum Gasteiger partial charge on any atom is -0.497 e. The number of hydrogen-bond acceptors (Lipinski definition) is 6. The molecule has 3 rings (SSSR count). The average Bonchev–Trinajstić information content (AvgIpc) is 2.75. The van der Waals surface area contributed by atoms with Crippen molar-refractivity contribution < 1.29 is 14.3 Å². The van der Waals surface area contributed by atoms with Crippen molar-refractivity contribution in [1.29, 1.82) is 0 Å². The summed E-state index contributed by atoms with van der Waals surface area (Å²) in [5, 5.41) is 3.25. The maximum atomic E-state index is 12.2. The van der Waals surface area contributed by atoms with Crippen molar-refractivity contribution in [2.75, 3.05) is 14.2 Å². The van der Waals surface area contributed by atoms with E-state index in [1.54, 1.807) is 51.0 Å². The van der Waals surface area contributed by atoms with Crippen LogP contribution in [0.15, 0.2) is 61.2 Å². The summed E-state index contributed by atoms with van der Waals surface area (Å²) in [6.45, 7) is 0.441. The Hall–Kier alpha value is -3.45. The first kappa shape index (κ1) is 20.3. The van der Waals surface area contributed by atoms with Gasteiger partial charge in [0.2, 0.25) is 5.91 Å². The second-order valence-corrected chi connectivity index (χ2v) is 6.50. The topological polar surface area (TPSA) is 99.4 Å². The Morgan fingerprint density at radius 3 is 2.48 bits per heavy atom. The molecule has 0 bridgehead atoms. The molecule has 7 heteroatoms. The maximum Gasteiger partial charge on any atom is 0.239 e. The third-order valence-electron chi connectivity index (χ3n) is 4.68. The molecule has 29 heavy (non-hydrogen) atoms. The monoisotopic (exact) mass is 392 g/mol. The average molecular weight is 392 g/mol. The first-order valence-corrected chi connectivity index (χ1v) is 9.17. The normalized spacial score (nSPS) is 11.7. The second-order valence-electron chi connectivity index (χ2n) is 6.50. The number of nitrogens with zero attached hydrogens (tertiary/aromatic N) is 2. The van der Waals surface area contributed by atoms with Crippen LogP contribution in [0.4, 0.5) is 0 Å². The number of rotatable bonds is 9. The van der Waals surface area contributed by atoms with Crippen LogP contribution in [0, 0.1) is 0 Å². The van der Waals surface area contributed by atoms with Crippen molar-refractivity contribution in [2.24, 2.45) is 5.73 Å². The molecule has 0 spiro atoms. The van der Waals surface area contributed by atoms with Gasteiger partial charge in [0, 0.05) is 36.9 Å². The maximum absolute atomic E-state index is 12.2. The number of primary amides is 1. The molecule has 0 fully saturated rings. The first-order valence-electron chi connectivity index (χ1n) is 9.17. The van der Waals surface area contributed by atoms with E-state index in [4.69, 9.17) is 15.2 Å². The Kier molecular flexibility index (Phi) is 6.76. The van der Waals surface area contributed by atoms with Crippen LogP contribution in [0.1, 0.15) is 28.3 Å². The molecular formula is C22H24N4O3. The minimum absolute atomic E-state index is 0.441. The predicted octanol–water partition coefficient (Wildman–Crippen LogP) is 2.40. The summed E-state index contributed by atoms with van der Waals surface area (Å²) in [5.41, 5.74) is 9.55. The minimum atomic E-state index is -0.734. The fourth-order valence-corrected chi connectivity index (χ4v) is 3.15. The van der Waals surface area contributed by atoms with E-state index in [1.807, 2.05) is 24.4 Å². The van der Waals surface area contributed by atoms with E-state index in [0.717, 1.165) is 23.1 Å². The van der Waals surface area contributed by atoms with Gasteiger partial charge in [-0.2, -0.15) is 0 Å². The van der Waals surface area contributed by atoms with Crippen molar-refractivity contribution in [3.63, 3.8) is 0 Å². The van der Waals surface area contributed by atoms with Gasteiger partial charge in [0.25, 0.3) is 0 Å². The van der Waals surface area contributed by atoms with Crippen LogP contribution < -0.4 is 20.5 Å². The summed E-state index contributed by atoms with van der Waals surface area (Å²) < 4.78 is 10.7. The van der Waals surface area contributed by atoms with Crippen molar-refractivity contribution in [3.8, 4) is 11.5 Å². The predicted molar refractivity (Wildman–Crippen MR) is 110 cm³/mol. The molecule has 3 aromatic rings. The Morgan fingerprint density at radius 1 is 1.03 bits per heavy atom. The number of nitrogens with one attached hydrogen (secondary N) is 1. The van der Waals surface area contributed by atoms with Gasteiger partial charge in [0.05, 0.1) is 14.2 Å². The molecule has 0 radical (unpaired) electrons. The lowest BCUT2D eigenvalue weighted by atomic mass is 10.0. The van der Waals surface area contributed by atoms with Gasteiger partial charge in [-0.25, -0.2) is 0 Å². The Balaban J connectivity index is 1.83. The van der Waals surface area contributed by atoms with E-state index in [0.29, 0.717) is 23.6 Å². The molecule has 1 amide bonds. The molecule has 0 aliphatic carbocycles. The highest BCUT2D eigenvalue weighted by Crippen LogP contribution is 2.29. The van der Waals surface area contributed by atoms with Crippen LogP contribution in [0.3, 0.4) is 0 Å². The summed E-state index contributed by atoms with van der Waals surface area (Å²) in [7, 11) is 3.12. The zero-order valence-electron chi connectivity index (χ0n) is 16.5. The third kappa shape index (κ3) is 5.08. The molecule has 2 heterocycles. The van der Waals surface area contributed by atoms with Gasteiger partial charge in [0.1, 0.15) is 17.5 Å². The highest BCUT2D eigenvalue weighted by molar-refractivity contribution is 5.82. The molecule has 1 aromatic carbocycles. The molecule has 3 N–H and O–H groups in total. The lowest BCUT2D eigenvalue weighted by molar-refractivity contribution is -0.120. The number of ether oxygens (including phenoxy) is 2. The van der Waals surface area contributed by atoms with E-state index in [-0.39, 0.29) is 0 Å². The molecule has 0 saturated carbocycles. The Bertz CT molecular complexity index is 963. The summed E-state index contributed by atoms with van der Waals surface area (Å²) >= 11 is 0. The van der Waals surface area contributed by atoms with Crippen LogP contribution in [-0.4, -0.2) is 30.1 Å². The quantitative estimate of drug-likeness (QED) is 0.580. The number of aromatic nitrogens is 2. The fourth-order valence-electron chi connectivity index (χ4n) is 3.15. The number of hydrogen-bond donors (Lipinski definition) is 2. The van der Waals surface area contributed by atoms with Crippen LogP contribution in [0.5, 0.6) is 11.5 Å². The second kappa shape index (κ2) is 9.66. The van der Waals surface area contributed by atoms with Crippen LogP contribution in [0.2, 0.25) is 0 Å². The zero-order chi connectivity index (χ0) is 20.6. The fraction of sp³-hybridized carbons (Fsp3) is 0.227. The van der Waals surface area contributed by atoms with Crippen molar-refractivity contribution in [1.82, 2.24) is 15.3 Å². The van der Waals surface area contributed by atoms with Gasteiger partial charge in [-0.15, -0.1) is 0 Å². The molecule has 1 atom stereocenters. The van der Waals surface area contributed by atoms with E-state index in [2.05, 4.69) is 15.3 Å². The standard InChI is InChI=1S/C22H24N4O3/c1-28-18-3-4-20(29-2)19(12-18)21(22(23)27)26-14-16-7-10-25-13-17(16)11-15-5-8-24-9-6-15/h3-10,12-13,21,26H,11,14H2,1-2H3,(H2,23,27). The molecule has 0 aliphatic rings. The highest BCUT2D eigenvalue weighted by atomic mass is 16.5. The largest absolute Gasteiger partial charge is 0.497 e. The van der Waals surface area contributed by atoms with Crippen molar-refractivity contribution >= 4 is 5.91 Å². The molecule has 2 aromatic heterocycles. The van der Waals surface area contributed by atoms with Gasteiger partial charge >= 0.3 is 0 Å². The number of nitrogens with two attached hydrogens (primary N) is 1. The highest BCUT2D eigenvalue weighted by Gasteiger charge is 2.22. The first-order chi connectivity index (χ1) is 14.1. The number of amides is 1. The van der Waals surface area contributed by atoms with Crippen LogP contribution in [-0.2, 0) is 17.8 Å². The Labute approximate surface area is 169 Å². The third-order valence-corrected chi connectivity index (χ3v) is 4.68. The summed E-state index contributed by atoms with van der Waals surface area (Å²) in [5.74, 6) is 0.686. The summed E-state index contributed by atoms with van der Waals surface area (Å²) in [4.78, 5) is 20.5. The zero-order valence-corrected chi connectivity index (χ0v) is 16.5. The van der Waals surface area contributed by atoms with Gasteiger partial charge in [-0.05, 0) is 59.5 Å². The van der Waals surface area contributed by atoms with E-state index < -0.39 is 11.9 Å². The lowest BCUT2D eigenvalue weighted by Gasteiger charge is -2.20. The molecule has 1 unspecified atom stereocenters. The molecular weight excluding hydrogens is 368 g/mol. The molecule has 0 saturated heterocycles. The number of benzene rings is 1. The Morgan fingerprint density at radius 2 is 1.79 bits per heavy atom. The van der Waals surface area contributed by atoms with Crippen LogP contribution >= 0.6 is 0 Å². The van der Waals surface area contributed by atoms with E-state index >= 15 is 0 Å². The van der Waals surface area contributed by atoms with Gasteiger partial charge in [-0.3, -0.25) is 20.1 Å². The SMILES string of the molecule is COc1ccc(OC)c(C(NCc2ccncc2Cc2ccncc2)C(N)=O)c1. The van der Waals surface area contributed by atoms with E-state index in [9.17, 15) is 4.79 Å². The van der Waals surface area contributed by atoms with Crippen LogP contribution in [0.25, 0.3) is 0 Å². The number of pyridine rings is 2.